The number of hydrogen-bond donors (Lipinski definition) is 1. The minimum absolute atomic E-state index is 0.0721. The fourth-order valence-corrected chi connectivity index (χ4v) is 2.82. The molecule has 0 atom stereocenters. The van der Waals surface area contributed by atoms with Crippen molar-refractivity contribution in [3.8, 4) is 5.75 Å². The highest BCUT2D eigenvalue weighted by molar-refractivity contribution is 6.06. The number of nitrogens with zero attached hydrogens (tertiary/aromatic N) is 3. The van der Waals surface area contributed by atoms with Crippen molar-refractivity contribution < 1.29 is 14.3 Å². The summed E-state index contributed by atoms with van der Waals surface area (Å²) in [6.45, 7) is 5.97. The van der Waals surface area contributed by atoms with Gasteiger partial charge in [-0.25, -0.2) is 13.9 Å². The number of halogens is 1. The number of hydrogen-bond acceptors (Lipinski definition) is 4. The summed E-state index contributed by atoms with van der Waals surface area (Å²) in [5, 5.41) is 14.3. The first-order valence-corrected chi connectivity index (χ1v) is 8.44. The van der Waals surface area contributed by atoms with Crippen LogP contribution in [0.2, 0.25) is 0 Å². The van der Waals surface area contributed by atoms with E-state index in [1.54, 1.807) is 10.6 Å². The van der Waals surface area contributed by atoms with E-state index < -0.39 is 5.82 Å². The number of aromatic hydroxyl groups is 1. The Labute approximate surface area is 150 Å². The average Bonchev–Trinajstić information content (AvgIpc) is 2.92. The van der Waals surface area contributed by atoms with Gasteiger partial charge in [0.25, 0.3) is 0 Å². The molecule has 0 spiro atoms. The molecule has 1 N–H and O–H groups in total. The summed E-state index contributed by atoms with van der Waals surface area (Å²) >= 11 is 0. The van der Waals surface area contributed by atoms with Crippen molar-refractivity contribution in [2.24, 2.45) is 0 Å². The number of carbonyl (C=O) groups is 1. The first kappa shape index (κ1) is 17.8. The molecule has 134 valence electrons. The molecule has 0 aliphatic rings. The number of allylic oxidation sites excluding steroid dienone is 2. The predicted molar refractivity (Wildman–Crippen MR) is 97.1 cm³/mol. The Balaban J connectivity index is 1.88. The molecule has 0 radical (unpaired) electrons. The third-order valence-electron chi connectivity index (χ3n) is 4.38. The van der Waals surface area contributed by atoms with Gasteiger partial charge in [0, 0.05) is 23.5 Å². The van der Waals surface area contributed by atoms with E-state index in [1.807, 2.05) is 27.0 Å². The highest BCUT2D eigenvalue weighted by Crippen LogP contribution is 2.20. The van der Waals surface area contributed by atoms with Gasteiger partial charge in [0.2, 0.25) is 0 Å². The number of phenolic OH excluding ortho intramolecular Hbond substituents is 1. The first-order chi connectivity index (χ1) is 12.4. The van der Waals surface area contributed by atoms with E-state index in [0.29, 0.717) is 6.42 Å². The second-order valence-electron chi connectivity index (χ2n) is 6.19. The second-order valence-corrected chi connectivity index (χ2v) is 6.19. The minimum atomic E-state index is -0.585. The predicted octanol–water partition coefficient (Wildman–Crippen LogP) is 3.73. The van der Waals surface area contributed by atoms with Gasteiger partial charge in [0.05, 0.1) is 11.3 Å². The molecule has 2 heterocycles. The number of aromatic nitrogens is 3. The van der Waals surface area contributed by atoms with Crippen LogP contribution >= 0.6 is 0 Å². The normalized spacial score (nSPS) is 11.5. The summed E-state index contributed by atoms with van der Waals surface area (Å²) in [6, 6.07) is 3.35. The maximum absolute atomic E-state index is 13.0. The Morgan fingerprint density at radius 2 is 2.12 bits per heavy atom. The van der Waals surface area contributed by atoms with Crippen LogP contribution in [0.1, 0.15) is 39.8 Å². The summed E-state index contributed by atoms with van der Waals surface area (Å²) in [6.07, 6.45) is 6.31. The lowest BCUT2D eigenvalue weighted by atomic mass is 10.1. The van der Waals surface area contributed by atoms with Crippen molar-refractivity contribution in [2.45, 2.75) is 33.6 Å². The maximum Gasteiger partial charge on any atom is 0.189 e. The molecule has 0 bridgehead atoms. The average molecular weight is 353 g/mol. The van der Waals surface area contributed by atoms with Gasteiger partial charge >= 0.3 is 0 Å². The molecular weight excluding hydrogens is 333 g/mol. The summed E-state index contributed by atoms with van der Waals surface area (Å²) in [5.41, 5.74) is 4.77. The monoisotopic (exact) mass is 353 g/mol. The molecule has 2 aromatic heterocycles. The van der Waals surface area contributed by atoms with E-state index in [1.165, 1.54) is 12.1 Å². The van der Waals surface area contributed by atoms with Gasteiger partial charge in [0.15, 0.2) is 11.4 Å². The molecule has 0 aliphatic heterocycles. The van der Waals surface area contributed by atoms with Gasteiger partial charge < -0.3 is 5.11 Å². The molecule has 0 aliphatic carbocycles. The van der Waals surface area contributed by atoms with Crippen molar-refractivity contribution in [1.82, 2.24) is 14.6 Å². The lowest BCUT2D eigenvalue weighted by molar-refractivity contribution is 0.104. The van der Waals surface area contributed by atoms with Crippen LogP contribution < -0.4 is 0 Å². The zero-order valence-corrected chi connectivity index (χ0v) is 15.0. The maximum atomic E-state index is 13.0. The topological polar surface area (TPSA) is 67.5 Å². The van der Waals surface area contributed by atoms with E-state index in [0.717, 1.165) is 46.7 Å². The third-order valence-corrected chi connectivity index (χ3v) is 4.38. The zero-order chi connectivity index (χ0) is 18.8. The Morgan fingerprint density at radius 1 is 1.35 bits per heavy atom. The number of rotatable bonds is 5. The molecule has 6 heteroatoms. The molecule has 1 aromatic carbocycles. The van der Waals surface area contributed by atoms with Crippen LogP contribution in [0, 0.1) is 19.7 Å². The van der Waals surface area contributed by atoms with Crippen LogP contribution in [-0.2, 0) is 12.8 Å². The Kier molecular flexibility index (Phi) is 4.84. The number of ketones is 1. The van der Waals surface area contributed by atoms with Gasteiger partial charge in [-0.15, -0.1) is 0 Å². The molecule has 3 rings (SSSR count). The lowest BCUT2D eigenvalue weighted by Gasteiger charge is -2.02. The van der Waals surface area contributed by atoms with Gasteiger partial charge in [-0.2, -0.15) is 5.10 Å². The SMILES string of the molecule is CCc1nn2cc(C)c(C)nc2c1C/C=C/C(=O)c1ccc(F)cc1O. The van der Waals surface area contributed by atoms with Crippen LogP contribution in [0.3, 0.4) is 0 Å². The highest BCUT2D eigenvalue weighted by Gasteiger charge is 2.13. The van der Waals surface area contributed by atoms with Crippen LogP contribution in [0.4, 0.5) is 4.39 Å². The molecule has 0 fully saturated rings. The summed E-state index contributed by atoms with van der Waals surface area (Å²) in [4.78, 5) is 16.8. The third kappa shape index (κ3) is 3.35. The number of carbonyl (C=O) groups excluding carboxylic acids is 1. The lowest BCUT2D eigenvalue weighted by Crippen LogP contribution is -1.97. The largest absolute Gasteiger partial charge is 0.507 e. The molecule has 0 unspecified atom stereocenters. The van der Waals surface area contributed by atoms with Gasteiger partial charge in [-0.3, -0.25) is 4.79 Å². The van der Waals surface area contributed by atoms with Gasteiger partial charge in [-0.1, -0.05) is 13.0 Å². The fourth-order valence-electron chi connectivity index (χ4n) is 2.82. The smallest absolute Gasteiger partial charge is 0.189 e. The van der Waals surface area contributed by atoms with E-state index in [4.69, 9.17) is 0 Å². The molecular formula is C20H20FN3O2. The molecule has 5 nitrogen and oxygen atoms in total. The zero-order valence-electron chi connectivity index (χ0n) is 15.0. The Morgan fingerprint density at radius 3 is 2.81 bits per heavy atom. The quantitative estimate of drug-likeness (QED) is 0.560. The summed E-state index contributed by atoms with van der Waals surface area (Å²) in [5.74, 6) is -1.33. The molecule has 0 saturated heterocycles. The Hall–Kier alpha value is -3.02. The first-order valence-electron chi connectivity index (χ1n) is 8.44. The Bertz CT molecular complexity index is 1020. The number of fused-ring (bicyclic) bond motifs is 1. The summed E-state index contributed by atoms with van der Waals surface area (Å²) in [7, 11) is 0. The van der Waals surface area contributed by atoms with Crippen LogP contribution in [0.5, 0.6) is 5.75 Å². The standard InChI is InChI=1S/C20H20FN3O2/c1-4-17-15(20-22-13(3)12(2)11-24(20)23-17)6-5-7-18(25)16-9-8-14(21)10-19(16)26/h5,7-11,26H,4,6H2,1-3H3/b7-5+. The van der Waals surface area contributed by atoms with Crippen molar-refractivity contribution in [3.63, 3.8) is 0 Å². The van der Waals surface area contributed by atoms with Gasteiger partial charge in [-0.05, 0) is 50.5 Å². The van der Waals surface area contributed by atoms with Crippen molar-refractivity contribution in [2.75, 3.05) is 0 Å². The molecule has 3 aromatic rings. The molecule has 0 saturated carbocycles. The fraction of sp³-hybridized carbons (Fsp3) is 0.250. The van der Waals surface area contributed by atoms with E-state index in [-0.39, 0.29) is 17.1 Å². The van der Waals surface area contributed by atoms with E-state index in [2.05, 4.69) is 10.1 Å². The molecule has 0 amide bonds. The van der Waals surface area contributed by atoms with Crippen molar-refractivity contribution in [1.29, 1.82) is 0 Å². The van der Waals surface area contributed by atoms with Crippen molar-refractivity contribution in [3.05, 3.63) is 70.4 Å². The summed E-state index contributed by atoms with van der Waals surface area (Å²) < 4.78 is 14.8. The molecule has 26 heavy (non-hydrogen) atoms. The number of aryl methyl sites for hydroxylation is 3. The van der Waals surface area contributed by atoms with Crippen LogP contribution in [0.25, 0.3) is 5.65 Å². The number of benzene rings is 1. The number of phenols is 1. The van der Waals surface area contributed by atoms with Crippen LogP contribution in [0.15, 0.2) is 36.5 Å². The van der Waals surface area contributed by atoms with E-state index in [9.17, 15) is 14.3 Å². The van der Waals surface area contributed by atoms with E-state index >= 15 is 0 Å². The highest BCUT2D eigenvalue weighted by atomic mass is 19.1. The van der Waals surface area contributed by atoms with Gasteiger partial charge in [0.1, 0.15) is 11.6 Å². The minimum Gasteiger partial charge on any atom is -0.507 e. The van der Waals surface area contributed by atoms with Crippen LogP contribution in [-0.4, -0.2) is 25.5 Å². The van der Waals surface area contributed by atoms with Crippen molar-refractivity contribution >= 4 is 11.4 Å². The second kappa shape index (κ2) is 7.07.